The number of carbonyl (C=O) groups excluding carboxylic acids is 2. The molecule has 1 rings (SSSR count). The second kappa shape index (κ2) is 6.22. The van der Waals surface area contributed by atoms with E-state index in [0.717, 1.165) is 6.34 Å². The second-order valence-electron chi connectivity index (χ2n) is 3.19. The molecule has 0 atom stereocenters. The Bertz CT molecular complexity index is 452. The highest BCUT2D eigenvalue weighted by atomic mass is 16.5. The van der Waals surface area contributed by atoms with Crippen molar-refractivity contribution in [3.8, 4) is 5.75 Å². The average molecular weight is 232 g/mol. The Morgan fingerprint density at radius 2 is 2.00 bits per heavy atom. The van der Waals surface area contributed by atoms with Gasteiger partial charge in [-0.3, -0.25) is 4.79 Å². The van der Waals surface area contributed by atoms with Gasteiger partial charge < -0.3 is 10.1 Å². The Balaban J connectivity index is 2.43. The summed E-state index contributed by atoms with van der Waals surface area (Å²) in [6, 6.07) is 8.51. The lowest BCUT2D eigenvalue weighted by Gasteiger charge is -1.99. The molecule has 1 N–H and O–H groups in total. The summed E-state index contributed by atoms with van der Waals surface area (Å²) in [5.74, 6) is -0.0119. The number of benzene rings is 1. The van der Waals surface area contributed by atoms with E-state index in [4.69, 9.17) is 4.74 Å². The molecule has 2 amide bonds. The largest absolute Gasteiger partial charge is 0.440 e. The first-order chi connectivity index (χ1) is 8.09. The summed E-state index contributed by atoms with van der Waals surface area (Å²) in [4.78, 5) is 25.6. The van der Waals surface area contributed by atoms with E-state index in [2.05, 4.69) is 16.9 Å². The van der Waals surface area contributed by atoms with Gasteiger partial charge in [0.15, 0.2) is 0 Å². The van der Waals surface area contributed by atoms with Gasteiger partial charge in [0.2, 0.25) is 0 Å². The van der Waals surface area contributed by atoms with Crippen molar-refractivity contribution >= 4 is 18.3 Å². The predicted molar refractivity (Wildman–Crippen MR) is 63.9 cm³/mol. The highest BCUT2D eigenvalue weighted by molar-refractivity contribution is 6.00. The van der Waals surface area contributed by atoms with Crippen LogP contribution in [0.3, 0.4) is 0 Å². The highest BCUT2D eigenvalue weighted by Gasteiger charge is 2.01. The number of carbonyl (C=O) groups is 2. The molecule has 0 saturated heterocycles. The summed E-state index contributed by atoms with van der Waals surface area (Å²) < 4.78 is 4.85. The Kier molecular flexibility index (Phi) is 4.62. The van der Waals surface area contributed by atoms with Gasteiger partial charge in [0.05, 0.1) is 0 Å². The van der Waals surface area contributed by atoms with E-state index in [0.29, 0.717) is 11.3 Å². The summed E-state index contributed by atoms with van der Waals surface area (Å²) in [6.45, 7) is 4.98. The number of hydrogen-bond donors (Lipinski definition) is 1. The summed E-state index contributed by atoms with van der Waals surface area (Å²) >= 11 is 0. The fraction of sp³-hybridized carbons (Fsp3) is 0.0833. The maximum absolute atomic E-state index is 11.2. The van der Waals surface area contributed by atoms with Crippen molar-refractivity contribution in [3.05, 3.63) is 42.5 Å². The molecule has 1 aromatic rings. The van der Waals surface area contributed by atoms with Gasteiger partial charge in [0.1, 0.15) is 12.1 Å². The van der Waals surface area contributed by atoms with Crippen LogP contribution in [0, 0.1) is 0 Å². The predicted octanol–water partition coefficient (Wildman–Crippen LogP) is 1.91. The zero-order chi connectivity index (χ0) is 12.7. The third kappa shape index (κ3) is 4.74. The molecule has 0 aliphatic heterocycles. The molecule has 0 fully saturated rings. The lowest BCUT2D eigenvalue weighted by molar-refractivity contribution is -0.116. The first-order valence-corrected chi connectivity index (χ1v) is 4.85. The van der Waals surface area contributed by atoms with Crippen LogP contribution in [0.4, 0.5) is 4.79 Å². The molecule has 0 aliphatic rings. The molecule has 1 aromatic carbocycles. The van der Waals surface area contributed by atoms with Crippen molar-refractivity contribution in [1.29, 1.82) is 0 Å². The van der Waals surface area contributed by atoms with E-state index in [1.807, 2.05) is 0 Å². The van der Waals surface area contributed by atoms with Gasteiger partial charge >= 0.3 is 6.09 Å². The van der Waals surface area contributed by atoms with Crippen LogP contribution in [-0.2, 0) is 4.79 Å². The molecule has 0 heterocycles. The number of hydrogen-bond acceptors (Lipinski definition) is 3. The molecular formula is C12H12N2O3. The summed E-state index contributed by atoms with van der Waals surface area (Å²) in [5.41, 5.74) is 0.327. The molecule has 0 unspecified atom stereocenters. The minimum absolute atomic E-state index is 0.327. The minimum atomic E-state index is -0.807. The van der Waals surface area contributed by atoms with Gasteiger partial charge in [-0.1, -0.05) is 24.8 Å². The molecule has 0 spiro atoms. The van der Waals surface area contributed by atoms with Gasteiger partial charge in [-0.05, 0) is 19.1 Å². The average Bonchev–Trinajstić information content (AvgIpc) is 2.30. The summed E-state index contributed by atoms with van der Waals surface area (Å²) in [6.07, 6.45) is 0.167. The standard InChI is InChI=1S/C12H12N2O3/c1-9(2)11(15)13-8-14-12(16)17-10-6-4-3-5-7-10/h3-8H,1H2,2H3,(H,13,14,15,16). The first-order valence-electron chi connectivity index (χ1n) is 4.85. The Labute approximate surface area is 98.8 Å². The molecule has 5 nitrogen and oxygen atoms in total. The first kappa shape index (κ1) is 12.6. The maximum Gasteiger partial charge on any atom is 0.440 e. The van der Waals surface area contributed by atoms with Crippen molar-refractivity contribution in [2.45, 2.75) is 6.92 Å². The number of rotatable bonds is 3. The minimum Gasteiger partial charge on any atom is -0.409 e. The molecule has 0 bridgehead atoms. The number of amides is 2. The number of nitrogens with zero attached hydrogens (tertiary/aromatic N) is 1. The van der Waals surface area contributed by atoms with Crippen LogP contribution >= 0.6 is 0 Å². The van der Waals surface area contributed by atoms with Crippen LogP contribution in [0.5, 0.6) is 5.75 Å². The lowest BCUT2D eigenvalue weighted by atomic mass is 10.3. The zero-order valence-electron chi connectivity index (χ0n) is 9.34. The van der Waals surface area contributed by atoms with Gasteiger partial charge in [-0.2, -0.15) is 4.99 Å². The van der Waals surface area contributed by atoms with Crippen LogP contribution < -0.4 is 10.1 Å². The van der Waals surface area contributed by atoms with Gasteiger partial charge in [0.25, 0.3) is 5.91 Å². The lowest BCUT2D eigenvalue weighted by Crippen LogP contribution is -2.22. The molecule has 88 valence electrons. The Hall–Kier alpha value is -2.43. The van der Waals surface area contributed by atoms with Crippen molar-refractivity contribution in [2.75, 3.05) is 0 Å². The van der Waals surface area contributed by atoms with Crippen LogP contribution in [0.1, 0.15) is 6.92 Å². The Morgan fingerprint density at radius 1 is 1.35 bits per heavy atom. The summed E-state index contributed by atoms with van der Waals surface area (Å²) in [7, 11) is 0. The van der Waals surface area contributed by atoms with Crippen LogP contribution in [0.15, 0.2) is 47.5 Å². The third-order valence-corrected chi connectivity index (χ3v) is 1.70. The van der Waals surface area contributed by atoms with Gasteiger partial charge in [-0.25, -0.2) is 4.79 Å². The molecule has 0 saturated carbocycles. The monoisotopic (exact) mass is 232 g/mol. The van der Waals surface area contributed by atoms with Gasteiger partial charge in [-0.15, -0.1) is 0 Å². The van der Waals surface area contributed by atoms with Crippen molar-refractivity contribution in [1.82, 2.24) is 5.32 Å². The summed E-state index contributed by atoms with van der Waals surface area (Å²) in [5, 5.41) is 2.27. The molecular weight excluding hydrogens is 220 g/mol. The number of ether oxygens (including phenoxy) is 1. The molecule has 5 heteroatoms. The van der Waals surface area contributed by atoms with E-state index in [9.17, 15) is 9.59 Å². The van der Waals surface area contributed by atoms with Crippen molar-refractivity contribution in [2.24, 2.45) is 4.99 Å². The second-order valence-corrected chi connectivity index (χ2v) is 3.19. The fourth-order valence-electron chi connectivity index (χ4n) is 0.883. The quantitative estimate of drug-likeness (QED) is 0.491. The van der Waals surface area contributed by atoms with E-state index < -0.39 is 12.0 Å². The van der Waals surface area contributed by atoms with E-state index in [1.165, 1.54) is 0 Å². The number of para-hydroxylation sites is 1. The molecule has 0 aromatic heterocycles. The number of aliphatic imine (C=N–C) groups is 1. The van der Waals surface area contributed by atoms with Crippen LogP contribution in [-0.4, -0.2) is 18.3 Å². The van der Waals surface area contributed by atoms with Crippen LogP contribution in [0.2, 0.25) is 0 Å². The molecule has 0 radical (unpaired) electrons. The van der Waals surface area contributed by atoms with Crippen LogP contribution in [0.25, 0.3) is 0 Å². The topological polar surface area (TPSA) is 67.8 Å². The van der Waals surface area contributed by atoms with Gasteiger partial charge in [0, 0.05) is 5.57 Å². The molecule has 17 heavy (non-hydrogen) atoms. The normalized spacial score (nSPS) is 9.94. The maximum atomic E-state index is 11.2. The smallest absolute Gasteiger partial charge is 0.409 e. The van der Waals surface area contributed by atoms with Crippen molar-refractivity contribution in [3.63, 3.8) is 0 Å². The highest BCUT2D eigenvalue weighted by Crippen LogP contribution is 2.08. The van der Waals surface area contributed by atoms with E-state index in [-0.39, 0.29) is 0 Å². The third-order valence-electron chi connectivity index (χ3n) is 1.70. The SMILES string of the molecule is C=C(C)C(=O)NC=NC(=O)Oc1ccccc1. The zero-order valence-corrected chi connectivity index (χ0v) is 9.34. The fourth-order valence-corrected chi connectivity index (χ4v) is 0.883. The van der Waals surface area contributed by atoms with E-state index in [1.54, 1.807) is 37.3 Å². The molecule has 0 aliphatic carbocycles. The van der Waals surface area contributed by atoms with Crippen molar-refractivity contribution < 1.29 is 14.3 Å². The van der Waals surface area contributed by atoms with E-state index >= 15 is 0 Å². The Morgan fingerprint density at radius 3 is 2.59 bits per heavy atom. The number of nitrogens with one attached hydrogen (secondary N) is 1.